The number of carbonyl (C=O) groups is 1. The second kappa shape index (κ2) is 13.8. The summed E-state index contributed by atoms with van der Waals surface area (Å²) in [6.45, 7) is 7.66. The first kappa shape index (κ1) is 25.7. The van der Waals surface area contributed by atoms with Crippen molar-refractivity contribution in [2.45, 2.75) is 46.0 Å². The van der Waals surface area contributed by atoms with Crippen LogP contribution in [0.1, 0.15) is 54.9 Å². The van der Waals surface area contributed by atoms with Gasteiger partial charge in [0.1, 0.15) is 0 Å². The van der Waals surface area contributed by atoms with Gasteiger partial charge in [-0.25, -0.2) is 0 Å². The Morgan fingerprint density at radius 3 is 2.55 bits per heavy atom. The lowest BCUT2D eigenvalue weighted by Gasteiger charge is -2.27. The van der Waals surface area contributed by atoms with Crippen LogP contribution in [0.3, 0.4) is 0 Å². The Morgan fingerprint density at radius 1 is 1.17 bits per heavy atom. The molecule has 1 amide bonds. The Hall–Kier alpha value is -1.35. The molecule has 1 aliphatic carbocycles. The second-order valence-corrected chi connectivity index (χ2v) is 7.70. The highest BCUT2D eigenvalue weighted by Gasteiger charge is 2.33. The summed E-state index contributed by atoms with van der Waals surface area (Å²) in [7, 11) is 1.77. The molecule has 0 aliphatic heterocycles. The fraction of sp³-hybridized carbons (Fsp3) is 0.636. The fourth-order valence-electron chi connectivity index (χ4n) is 3.76. The third-order valence-electron chi connectivity index (χ3n) is 5.40. The van der Waals surface area contributed by atoms with Gasteiger partial charge in [-0.05, 0) is 50.7 Å². The predicted octanol–water partition coefficient (Wildman–Crippen LogP) is 3.49. The first-order valence-electron chi connectivity index (χ1n) is 10.4. The maximum absolute atomic E-state index is 12.2. The summed E-state index contributed by atoms with van der Waals surface area (Å²) in [4.78, 5) is 17.0. The minimum Gasteiger partial charge on any atom is -0.385 e. The van der Waals surface area contributed by atoms with Crippen LogP contribution >= 0.6 is 24.0 Å². The maximum Gasteiger partial charge on any atom is 0.251 e. The molecule has 3 N–H and O–H groups in total. The van der Waals surface area contributed by atoms with Crippen LogP contribution in [0.2, 0.25) is 0 Å². The summed E-state index contributed by atoms with van der Waals surface area (Å²) < 4.78 is 5.31. The molecule has 0 unspecified atom stereocenters. The zero-order valence-electron chi connectivity index (χ0n) is 18.1. The normalized spacial score (nSPS) is 15.5. The van der Waals surface area contributed by atoms with Crippen LogP contribution in [0, 0.1) is 12.3 Å². The number of aryl methyl sites for hydroxylation is 1. The van der Waals surface area contributed by atoms with Gasteiger partial charge in [-0.1, -0.05) is 30.5 Å². The van der Waals surface area contributed by atoms with E-state index in [9.17, 15) is 4.79 Å². The van der Waals surface area contributed by atoms with Gasteiger partial charge in [-0.2, -0.15) is 0 Å². The number of nitrogens with one attached hydrogen (secondary N) is 3. The number of aliphatic imine (C=N–C) groups is 1. The molecule has 1 aromatic rings. The van der Waals surface area contributed by atoms with Crippen molar-refractivity contribution in [2.75, 3.05) is 39.9 Å². The number of amides is 1. The summed E-state index contributed by atoms with van der Waals surface area (Å²) in [5.74, 6) is 0.771. The number of methoxy groups -OCH3 is 1. The van der Waals surface area contributed by atoms with E-state index in [4.69, 9.17) is 9.73 Å². The molecule has 0 spiro atoms. The highest BCUT2D eigenvalue weighted by Crippen LogP contribution is 2.41. The van der Waals surface area contributed by atoms with E-state index in [1.807, 2.05) is 31.2 Å². The minimum absolute atomic E-state index is 0. The van der Waals surface area contributed by atoms with Gasteiger partial charge in [0, 0.05) is 45.5 Å². The van der Waals surface area contributed by atoms with Gasteiger partial charge in [0.05, 0.1) is 0 Å². The number of carbonyl (C=O) groups excluding carboxylic acids is 1. The van der Waals surface area contributed by atoms with Crippen LogP contribution in [-0.4, -0.2) is 51.8 Å². The predicted molar refractivity (Wildman–Crippen MR) is 130 cm³/mol. The first-order chi connectivity index (χ1) is 13.6. The van der Waals surface area contributed by atoms with Crippen molar-refractivity contribution in [1.29, 1.82) is 0 Å². The molecule has 7 heteroatoms. The van der Waals surface area contributed by atoms with Crippen molar-refractivity contribution >= 4 is 35.8 Å². The largest absolute Gasteiger partial charge is 0.385 e. The van der Waals surface area contributed by atoms with Gasteiger partial charge in [-0.15, -0.1) is 24.0 Å². The number of halogens is 1. The SMILES string of the molecule is CCNC(=NCC1(CCOC)CCCC1)NCCNC(=O)c1cccc(C)c1.I. The summed E-state index contributed by atoms with van der Waals surface area (Å²) in [5, 5.41) is 9.59. The molecule has 29 heavy (non-hydrogen) atoms. The van der Waals surface area contributed by atoms with Gasteiger partial charge >= 0.3 is 0 Å². The van der Waals surface area contributed by atoms with Gasteiger partial charge in [0.15, 0.2) is 5.96 Å². The average Bonchev–Trinajstić information content (AvgIpc) is 3.16. The Morgan fingerprint density at radius 2 is 1.90 bits per heavy atom. The third-order valence-corrected chi connectivity index (χ3v) is 5.40. The molecule has 0 aromatic heterocycles. The van der Waals surface area contributed by atoms with Gasteiger partial charge in [0.2, 0.25) is 0 Å². The molecule has 1 aliphatic rings. The van der Waals surface area contributed by atoms with Gasteiger partial charge < -0.3 is 20.7 Å². The van der Waals surface area contributed by atoms with E-state index in [2.05, 4.69) is 22.9 Å². The standard InChI is InChI=1S/C22H36N4O2.HI/c1-4-23-21(26-17-22(12-15-28-3)10-5-6-11-22)25-14-13-24-20(27)19-9-7-8-18(2)16-19;/h7-9,16H,4-6,10-15,17H2,1-3H3,(H,24,27)(H2,23,25,26);1H. The number of hydrogen-bond donors (Lipinski definition) is 3. The number of rotatable bonds is 10. The second-order valence-electron chi connectivity index (χ2n) is 7.70. The highest BCUT2D eigenvalue weighted by molar-refractivity contribution is 14.0. The Kier molecular flexibility index (Phi) is 12.2. The van der Waals surface area contributed by atoms with Crippen molar-refractivity contribution in [1.82, 2.24) is 16.0 Å². The molecule has 1 aromatic carbocycles. The zero-order valence-corrected chi connectivity index (χ0v) is 20.4. The van der Waals surface area contributed by atoms with Crippen LogP contribution in [0.4, 0.5) is 0 Å². The van der Waals surface area contributed by atoms with E-state index >= 15 is 0 Å². The number of nitrogens with zero attached hydrogens (tertiary/aromatic N) is 1. The Labute approximate surface area is 192 Å². The molecule has 2 rings (SSSR count). The van der Waals surface area contributed by atoms with Crippen LogP contribution < -0.4 is 16.0 Å². The Bertz CT molecular complexity index is 645. The summed E-state index contributed by atoms with van der Waals surface area (Å²) in [6, 6.07) is 7.62. The van der Waals surface area contributed by atoms with Crippen LogP contribution in [-0.2, 0) is 4.74 Å². The van der Waals surface area contributed by atoms with Crippen molar-refractivity contribution in [2.24, 2.45) is 10.4 Å². The van der Waals surface area contributed by atoms with E-state index in [1.165, 1.54) is 25.7 Å². The van der Waals surface area contributed by atoms with Crippen molar-refractivity contribution < 1.29 is 9.53 Å². The summed E-state index contributed by atoms with van der Waals surface area (Å²) in [6.07, 6.45) is 6.10. The topological polar surface area (TPSA) is 74.8 Å². The average molecular weight is 516 g/mol. The molecular weight excluding hydrogens is 479 g/mol. The number of ether oxygens (including phenoxy) is 1. The van der Waals surface area contributed by atoms with E-state index in [1.54, 1.807) is 7.11 Å². The zero-order chi connectivity index (χ0) is 20.2. The highest BCUT2D eigenvalue weighted by atomic mass is 127. The van der Waals surface area contributed by atoms with Crippen molar-refractivity contribution in [3.8, 4) is 0 Å². The molecule has 0 radical (unpaired) electrons. The monoisotopic (exact) mass is 516 g/mol. The summed E-state index contributed by atoms with van der Waals surface area (Å²) >= 11 is 0. The molecule has 0 atom stereocenters. The smallest absolute Gasteiger partial charge is 0.251 e. The Balaban J connectivity index is 0.00000420. The van der Waals surface area contributed by atoms with Crippen LogP contribution in [0.25, 0.3) is 0 Å². The molecular formula is C22H37IN4O2. The van der Waals surface area contributed by atoms with Crippen molar-refractivity contribution in [3.05, 3.63) is 35.4 Å². The van der Waals surface area contributed by atoms with E-state index in [-0.39, 0.29) is 35.3 Å². The molecule has 1 fully saturated rings. The molecule has 164 valence electrons. The van der Waals surface area contributed by atoms with E-state index in [0.29, 0.717) is 18.7 Å². The van der Waals surface area contributed by atoms with Crippen LogP contribution in [0.15, 0.2) is 29.3 Å². The van der Waals surface area contributed by atoms with E-state index < -0.39 is 0 Å². The fourth-order valence-corrected chi connectivity index (χ4v) is 3.76. The van der Waals surface area contributed by atoms with E-state index in [0.717, 1.165) is 37.6 Å². The number of benzene rings is 1. The maximum atomic E-state index is 12.2. The number of guanidine groups is 1. The minimum atomic E-state index is -0.0445. The quantitative estimate of drug-likeness (QED) is 0.193. The van der Waals surface area contributed by atoms with Gasteiger partial charge in [-0.3, -0.25) is 9.79 Å². The molecule has 1 saturated carbocycles. The lowest BCUT2D eigenvalue weighted by molar-refractivity contribution is 0.0954. The molecule has 6 nitrogen and oxygen atoms in total. The molecule has 0 saturated heterocycles. The van der Waals surface area contributed by atoms with Crippen LogP contribution in [0.5, 0.6) is 0 Å². The number of hydrogen-bond acceptors (Lipinski definition) is 3. The lowest BCUT2D eigenvalue weighted by Crippen LogP contribution is -2.42. The lowest BCUT2D eigenvalue weighted by atomic mass is 9.83. The third kappa shape index (κ3) is 8.90. The molecule has 0 heterocycles. The van der Waals surface area contributed by atoms with Crippen molar-refractivity contribution in [3.63, 3.8) is 0 Å². The molecule has 0 bridgehead atoms. The summed E-state index contributed by atoms with van der Waals surface area (Å²) in [5.41, 5.74) is 2.06. The van der Waals surface area contributed by atoms with Gasteiger partial charge in [0.25, 0.3) is 5.91 Å². The first-order valence-corrected chi connectivity index (χ1v) is 10.4.